The number of hydrogen-bond donors (Lipinski definition) is 2. The topological polar surface area (TPSA) is 95.6 Å². The van der Waals surface area contributed by atoms with E-state index in [0.717, 1.165) is 32.1 Å². The first kappa shape index (κ1) is 20.0. The van der Waals surface area contributed by atoms with Gasteiger partial charge in [-0.25, -0.2) is 21.6 Å². The van der Waals surface area contributed by atoms with Crippen LogP contribution in [0.4, 0.5) is 0 Å². The second-order valence-corrected chi connectivity index (χ2v) is 10.8. The number of hydrogen-bond acceptors (Lipinski definition) is 5. The van der Waals surface area contributed by atoms with Gasteiger partial charge in [-0.15, -0.1) is 12.4 Å². The summed E-state index contributed by atoms with van der Waals surface area (Å²) in [6.07, 6.45) is 4.54. The van der Waals surface area contributed by atoms with Gasteiger partial charge in [-0.1, -0.05) is 6.07 Å². The van der Waals surface area contributed by atoms with Crippen molar-refractivity contribution in [3.8, 4) is 0 Å². The van der Waals surface area contributed by atoms with E-state index in [-0.39, 0.29) is 34.3 Å². The van der Waals surface area contributed by atoms with Crippen LogP contribution in [-0.4, -0.2) is 52.4 Å². The molecule has 1 aromatic carbocycles. The molecule has 10 heteroatoms. The minimum absolute atomic E-state index is 0. The molecule has 1 aliphatic carbocycles. The van der Waals surface area contributed by atoms with Crippen molar-refractivity contribution in [1.82, 2.24) is 14.3 Å². The minimum atomic E-state index is -3.70. The van der Waals surface area contributed by atoms with E-state index in [0.29, 0.717) is 19.1 Å². The molecule has 0 radical (unpaired) electrons. The molecule has 0 aromatic heterocycles. The van der Waals surface area contributed by atoms with Crippen LogP contribution in [0.15, 0.2) is 34.1 Å². The number of rotatable bonds is 5. The highest BCUT2D eigenvalue weighted by atomic mass is 35.5. The van der Waals surface area contributed by atoms with Crippen molar-refractivity contribution in [2.45, 2.75) is 60.0 Å². The lowest BCUT2D eigenvalue weighted by Gasteiger charge is -2.23. The Morgan fingerprint density at radius 1 is 0.962 bits per heavy atom. The van der Waals surface area contributed by atoms with Gasteiger partial charge in [0.1, 0.15) is 0 Å². The molecule has 3 fully saturated rings. The molecule has 2 saturated heterocycles. The van der Waals surface area contributed by atoms with Crippen molar-refractivity contribution in [2.75, 3.05) is 13.1 Å². The summed E-state index contributed by atoms with van der Waals surface area (Å²) in [6.45, 7) is 0.907. The maximum atomic E-state index is 13.0. The Morgan fingerprint density at radius 3 is 2.38 bits per heavy atom. The fourth-order valence-electron chi connectivity index (χ4n) is 3.57. The second kappa shape index (κ2) is 7.37. The van der Waals surface area contributed by atoms with Gasteiger partial charge in [0.05, 0.1) is 9.79 Å². The maximum absolute atomic E-state index is 13.0. The molecule has 26 heavy (non-hydrogen) atoms. The van der Waals surface area contributed by atoms with Gasteiger partial charge in [0.15, 0.2) is 0 Å². The molecule has 146 valence electrons. The van der Waals surface area contributed by atoms with Crippen LogP contribution in [0.5, 0.6) is 0 Å². The van der Waals surface area contributed by atoms with Gasteiger partial charge in [0, 0.05) is 31.2 Å². The number of fused-ring (bicyclic) bond motifs is 2. The molecule has 0 amide bonds. The first-order valence-electron chi connectivity index (χ1n) is 8.73. The van der Waals surface area contributed by atoms with Crippen LogP contribution in [0.3, 0.4) is 0 Å². The van der Waals surface area contributed by atoms with Crippen LogP contribution in [0.1, 0.15) is 32.1 Å². The van der Waals surface area contributed by atoms with Crippen LogP contribution in [0, 0.1) is 0 Å². The van der Waals surface area contributed by atoms with Crippen LogP contribution in [0.25, 0.3) is 0 Å². The third kappa shape index (κ3) is 4.07. The molecule has 1 aromatic rings. The number of halogens is 1. The first-order valence-corrected chi connectivity index (χ1v) is 11.7. The summed E-state index contributed by atoms with van der Waals surface area (Å²) in [5, 5.41) is 3.46. The second-order valence-electron chi connectivity index (χ2n) is 7.16. The summed E-state index contributed by atoms with van der Waals surface area (Å²) in [6, 6.07) is 6.24. The van der Waals surface area contributed by atoms with E-state index in [4.69, 9.17) is 0 Å². The Labute approximate surface area is 161 Å². The van der Waals surface area contributed by atoms with Crippen LogP contribution in [0.2, 0.25) is 0 Å². The van der Waals surface area contributed by atoms with Crippen molar-refractivity contribution in [3.63, 3.8) is 0 Å². The molecular weight excluding hydrogens is 398 g/mol. The first-order chi connectivity index (χ1) is 11.8. The molecule has 2 atom stereocenters. The van der Waals surface area contributed by atoms with Crippen molar-refractivity contribution in [3.05, 3.63) is 24.3 Å². The van der Waals surface area contributed by atoms with E-state index < -0.39 is 20.0 Å². The fourth-order valence-corrected chi connectivity index (χ4v) is 6.54. The lowest BCUT2D eigenvalue weighted by atomic mass is 10.1. The van der Waals surface area contributed by atoms with Crippen LogP contribution in [-0.2, 0) is 20.0 Å². The summed E-state index contributed by atoms with van der Waals surface area (Å²) in [4.78, 5) is 0.0545. The summed E-state index contributed by atoms with van der Waals surface area (Å²) in [5.41, 5.74) is 0. The lowest BCUT2D eigenvalue weighted by Crippen LogP contribution is -2.39. The molecule has 2 heterocycles. The number of nitrogens with one attached hydrogen (secondary N) is 2. The molecule has 1 saturated carbocycles. The standard InChI is InChI=1S/C16H23N3O4S2.ClH/c20-24(21,18-13-5-6-13)15-2-1-3-16(10-15)25(22,23)19-9-8-12-4-7-14(11-19)17-12;/h1-3,10,12-14,17-18H,4-9,11H2;1H. The summed E-state index contributed by atoms with van der Waals surface area (Å²) < 4.78 is 54.8. The highest BCUT2D eigenvalue weighted by Crippen LogP contribution is 2.27. The molecule has 4 rings (SSSR count). The zero-order valence-corrected chi connectivity index (χ0v) is 16.7. The van der Waals surface area contributed by atoms with Crippen LogP contribution < -0.4 is 10.0 Å². The van der Waals surface area contributed by atoms with Crippen molar-refractivity contribution in [1.29, 1.82) is 0 Å². The molecule has 0 spiro atoms. The van der Waals surface area contributed by atoms with E-state index in [1.807, 2.05) is 0 Å². The van der Waals surface area contributed by atoms with E-state index in [1.165, 1.54) is 28.6 Å². The summed E-state index contributed by atoms with van der Waals surface area (Å²) in [5.74, 6) is 0. The summed E-state index contributed by atoms with van der Waals surface area (Å²) >= 11 is 0. The lowest BCUT2D eigenvalue weighted by molar-refractivity contribution is 0.383. The molecule has 2 aliphatic heterocycles. The van der Waals surface area contributed by atoms with E-state index in [9.17, 15) is 16.8 Å². The molecule has 2 unspecified atom stereocenters. The predicted molar refractivity (Wildman–Crippen MR) is 100 cm³/mol. The SMILES string of the molecule is Cl.O=S(=O)(NC1CC1)c1cccc(S(=O)(=O)N2CCC3CCC(C2)N3)c1. The third-order valence-corrected chi connectivity index (χ3v) is 8.52. The maximum Gasteiger partial charge on any atom is 0.243 e. The number of nitrogens with zero attached hydrogens (tertiary/aromatic N) is 1. The molecule has 7 nitrogen and oxygen atoms in total. The highest BCUT2D eigenvalue weighted by Gasteiger charge is 2.35. The van der Waals surface area contributed by atoms with Gasteiger partial charge >= 0.3 is 0 Å². The zero-order valence-electron chi connectivity index (χ0n) is 14.3. The van der Waals surface area contributed by atoms with Gasteiger partial charge < -0.3 is 5.32 Å². The Hall–Kier alpha value is -0.710. The molecule has 2 N–H and O–H groups in total. The smallest absolute Gasteiger partial charge is 0.243 e. The Kier molecular flexibility index (Phi) is 5.68. The highest BCUT2D eigenvalue weighted by molar-refractivity contribution is 7.90. The van der Waals surface area contributed by atoms with Gasteiger partial charge in [-0.2, -0.15) is 4.31 Å². The Bertz CT molecular complexity index is 871. The van der Waals surface area contributed by atoms with Crippen LogP contribution >= 0.6 is 12.4 Å². The minimum Gasteiger partial charge on any atom is -0.310 e. The van der Waals surface area contributed by atoms with Gasteiger partial charge in [0.2, 0.25) is 20.0 Å². The van der Waals surface area contributed by atoms with E-state index in [2.05, 4.69) is 10.0 Å². The molecule has 3 aliphatic rings. The van der Waals surface area contributed by atoms with Gasteiger partial charge in [-0.05, 0) is 50.3 Å². The van der Waals surface area contributed by atoms with Crippen molar-refractivity contribution >= 4 is 32.5 Å². The predicted octanol–water partition coefficient (Wildman–Crippen LogP) is 1.06. The summed E-state index contributed by atoms with van der Waals surface area (Å²) in [7, 11) is -7.37. The fraction of sp³-hybridized carbons (Fsp3) is 0.625. The van der Waals surface area contributed by atoms with Crippen molar-refractivity contribution < 1.29 is 16.8 Å². The zero-order chi connectivity index (χ0) is 17.7. The monoisotopic (exact) mass is 421 g/mol. The van der Waals surface area contributed by atoms with E-state index >= 15 is 0 Å². The molecular formula is C16H24ClN3O4S2. The quantitative estimate of drug-likeness (QED) is 0.741. The average Bonchev–Trinajstić information content (AvgIpc) is 3.29. The number of sulfonamides is 2. The average molecular weight is 422 g/mol. The van der Waals surface area contributed by atoms with Gasteiger partial charge in [0.25, 0.3) is 0 Å². The number of benzene rings is 1. The largest absolute Gasteiger partial charge is 0.310 e. The van der Waals surface area contributed by atoms with Crippen molar-refractivity contribution in [2.24, 2.45) is 0 Å². The van der Waals surface area contributed by atoms with E-state index in [1.54, 1.807) is 0 Å². The third-order valence-electron chi connectivity index (χ3n) is 5.14. The van der Waals surface area contributed by atoms with Gasteiger partial charge in [-0.3, -0.25) is 0 Å². The Morgan fingerprint density at radius 2 is 1.65 bits per heavy atom. The normalized spacial score (nSPS) is 26.9. The Balaban J connectivity index is 0.00000196. The molecule has 2 bridgehead atoms.